The number of aryl methyl sites for hydroxylation is 1. The van der Waals surface area contributed by atoms with Gasteiger partial charge in [0.2, 0.25) is 5.91 Å². The number of halogens is 2. The maximum absolute atomic E-state index is 14.2. The fourth-order valence-electron chi connectivity index (χ4n) is 4.29. The number of nitrogens with one attached hydrogen (secondary N) is 1. The minimum Gasteiger partial charge on any atom is -0.468 e. The number of amides is 3. The highest BCUT2D eigenvalue weighted by molar-refractivity contribution is 6.10. The number of hydrogen-bond donors (Lipinski definition) is 1. The number of hydrogen-bond acceptors (Lipinski definition) is 5. The SMILES string of the molecule is COC(=O)C1C(C)=NC(=O)NC1N(C(=O)CCCn1ccnc1-c1ccccc1)c1ccc(F)c(F)c1. The van der Waals surface area contributed by atoms with Gasteiger partial charge in [-0.1, -0.05) is 30.3 Å². The van der Waals surface area contributed by atoms with Gasteiger partial charge in [-0.2, -0.15) is 0 Å². The van der Waals surface area contributed by atoms with Crippen molar-refractivity contribution in [2.45, 2.75) is 32.5 Å². The van der Waals surface area contributed by atoms with E-state index >= 15 is 0 Å². The predicted octanol–water partition coefficient (Wildman–Crippen LogP) is 3.94. The zero-order valence-electron chi connectivity index (χ0n) is 20.2. The van der Waals surface area contributed by atoms with Gasteiger partial charge in [-0.3, -0.25) is 14.5 Å². The van der Waals surface area contributed by atoms with Crippen LogP contribution in [0.1, 0.15) is 19.8 Å². The topological polar surface area (TPSA) is 106 Å². The van der Waals surface area contributed by atoms with Gasteiger partial charge >= 0.3 is 12.0 Å². The summed E-state index contributed by atoms with van der Waals surface area (Å²) in [4.78, 5) is 47.6. The number of anilines is 1. The molecular formula is C26H25F2N5O4. The van der Waals surface area contributed by atoms with E-state index in [-0.39, 0.29) is 17.8 Å². The number of imidazole rings is 1. The summed E-state index contributed by atoms with van der Waals surface area (Å²) in [6.07, 6.45) is 2.56. The van der Waals surface area contributed by atoms with Crippen molar-refractivity contribution < 1.29 is 27.9 Å². The number of benzene rings is 2. The van der Waals surface area contributed by atoms with E-state index < -0.39 is 41.6 Å². The van der Waals surface area contributed by atoms with Gasteiger partial charge in [-0.05, 0) is 25.5 Å². The molecular weight excluding hydrogens is 484 g/mol. The van der Waals surface area contributed by atoms with E-state index in [1.807, 2.05) is 34.9 Å². The lowest BCUT2D eigenvalue weighted by atomic mass is 9.97. The van der Waals surface area contributed by atoms with Crippen LogP contribution in [0, 0.1) is 17.6 Å². The van der Waals surface area contributed by atoms with Crippen molar-refractivity contribution in [1.29, 1.82) is 0 Å². The molecule has 0 aliphatic carbocycles. The van der Waals surface area contributed by atoms with Crippen molar-refractivity contribution in [3.8, 4) is 11.4 Å². The van der Waals surface area contributed by atoms with E-state index in [4.69, 9.17) is 4.74 Å². The lowest BCUT2D eigenvalue weighted by Gasteiger charge is -2.38. The van der Waals surface area contributed by atoms with Crippen LogP contribution in [0.5, 0.6) is 0 Å². The number of ether oxygens (including phenoxy) is 1. The van der Waals surface area contributed by atoms with Gasteiger partial charge in [0.05, 0.1) is 7.11 Å². The second-order valence-electron chi connectivity index (χ2n) is 8.42. The molecule has 2 atom stereocenters. The smallest absolute Gasteiger partial charge is 0.342 e. The van der Waals surface area contributed by atoms with Gasteiger partial charge < -0.3 is 14.6 Å². The maximum Gasteiger partial charge on any atom is 0.342 e. The fraction of sp³-hybridized carbons (Fsp3) is 0.269. The standard InChI is InChI=1S/C26H25F2N5O4/c1-16-22(25(35)37-2)24(31-26(36)30-16)33(18-10-11-19(27)20(28)15-18)21(34)9-6-13-32-14-12-29-23(32)17-7-4-3-5-8-17/h3-5,7-8,10-12,14-15,22,24H,6,9,13H2,1-2H3,(H,31,36). The van der Waals surface area contributed by atoms with Crippen LogP contribution in [-0.4, -0.2) is 46.4 Å². The van der Waals surface area contributed by atoms with Gasteiger partial charge in [0.1, 0.15) is 17.9 Å². The molecule has 3 amide bonds. The molecule has 1 aromatic heterocycles. The van der Waals surface area contributed by atoms with Crippen LogP contribution in [0.4, 0.5) is 19.3 Å². The van der Waals surface area contributed by atoms with E-state index in [0.717, 1.165) is 28.4 Å². The minimum absolute atomic E-state index is 0.0228. The van der Waals surface area contributed by atoms with Crippen molar-refractivity contribution in [1.82, 2.24) is 14.9 Å². The number of nitrogens with zero attached hydrogens (tertiary/aromatic N) is 4. The Balaban J connectivity index is 1.60. The van der Waals surface area contributed by atoms with Gasteiger partial charge in [-0.15, -0.1) is 0 Å². The first-order chi connectivity index (χ1) is 17.8. The molecule has 3 aromatic rings. The Bertz CT molecular complexity index is 1340. The molecule has 0 radical (unpaired) electrons. The summed E-state index contributed by atoms with van der Waals surface area (Å²) in [5, 5.41) is 2.51. The third-order valence-electron chi connectivity index (χ3n) is 6.04. The number of aromatic nitrogens is 2. The van der Waals surface area contributed by atoms with E-state index in [0.29, 0.717) is 13.0 Å². The summed E-state index contributed by atoms with van der Waals surface area (Å²) >= 11 is 0. The highest BCUT2D eigenvalue weighted by Crippen LogP contribution is 2.27. The molecule has 0 saturated carbocycles. The quantitative estimate of drug-likeness (QED) is 0.463. The molecule has 11 heteroatoms. The zero-order valence-corrected chi connectivity index (χ0v) is 20.2. The summed E-state index contributed by atoms with van der Waals surface area (Å²) < 4.78 is 34.6. The second kappa shape index (κ2) is 11.1. The van der Waals surface area contributed by atoms with Gasteiger partial charge in [0.15, 0.2) is 11.6 Å². The van der Waals surface area contributed by atoms with E-state index in [1.54, 1.807) is 12.4 Å². The summed E-state index contributed by atoms with van der Waals surface area (Å²) in [6, 6.07) is 11.7. The number of esters is 1. The Morgan fingerprint density at radius 1 is 1.14 bits per heavy atom. The van der Waals surface area contributed by atoms with Crippen LogP contribution in [0.3, 0.4) is 0 Å². The molecule has 192 valence electrons. The average Bonchev–Trinajstić information content (AvgIpc) is 3.35. The van der Waals surface area contributed by atoms with Crippen molar-refractivity contribution in [2.24, 2.45) is 10.9 Å². The molecule has 4 rings (SSSR count). The van der Waals surface area contributed by atoms with E-state index in [1.165, 1.54) is 20.1 Å². The molecule has 9 nitrogen and oxygen atoms in total. The largest absolute Gasteiger partial charge is 0.468 e. The summed E-state index contributed by atoms with van der Waals surface area (Å²) in [7, 11) is 1.17. The lowest BCUT2D eigenvalue weighted by molar-refractivity contribution is -0.143. The van der Waals surface area contributed by atoms with Crippen LogP contribution < -0.4 is 10.2 Å². The van der Waals surface area contributed by atoms with Crippen molar-refractivity contribution in [3.05, 3.63) is 72.6 Å². The third-order valence-corrected chi connectivity index (χ3v) is 6.04. The highest BCUT2D eigenvalue weighted by atomic mass is 19.2. The molecule has 2 aromatic carbocycles. The van der Waals surface area contributed by atoms with Crippen LogP contribution >= 0.6 is 0 Å². The first-order valence-corrected chi connectivity index (χ1v) is 11.6. The monoisotopic (exact) mass is 509 g/mol. The fourth-order valence-corrected chi connectivity index (χ4v) is 4.29. The molecule has 0 saturated heterocycles. The van der Waals surface area contributed by atoms with Gasteiger partial charge in [0.25, 0.3) is 0 Å². The van der Waals surface area contributed by atoms with Crippen molar-refractivity contribution in [2.75, 3.05) is 12.0 Å². The number of carbonyl (C=O) groups is 3. The molecule has 1 aliphatic rings. The lowest BCUT2D eigenvalue weighted by Crippen LogP contribution is -2.60. The molecule has 0 bridgehead atoms. The Hall–Kier alpha value is -4.41. The highest BCUT2D eigenvalue weighted by Gasteiger charge is 2.42. The Morgan fingerprint density at radius 3 is 2.59 bits per heavy atom. The normalized spacial score (nSPS) is 17.1. The average molecular weight is 510 g/mol. The Kier molecular flexibility index (Phi) is 7.71. The number of methoxy groups -OCH3 is 1. The first-order valence-electron chi connectivity index (χ1n) is 11.6. The summed E-state index contributed by atoms with van der Waals surface area (Å²) in [5.41, 5.74) is 1.03. The minimum atomic E-state index is -1.25. The van der Waals surface area contributed by atoms with E-state index in [9.17, 15) is 23.2 Å². The summed E-state index contributed by atoms with van der Waals surface area (Å²) in [5.74, 6) is -3.93. The molecule has 0 spiro atoms. The van der Waals surface area contributed by atoms with E-state index in [2.05, 4.69) is 15.3 Å². The number of rotatable bonds is 8. The molecule has 2 unspecified atom stereocenters. The molecule has 0 fully saturated rings. The maximum atomic E-state index is 14.2. The predicted molar refractivity (Wildman–Crippen MR) is 132 cm³/mol. The Morgan fingerprint density at radius 2 is 1.89 bits per heavy atom. The molecule has 37 heavy (non-hydrogen) atoms. The summed E-state index contributed by atoms with van der Waals surface area (Å²) in [6.45, 7) is 1.91. The Labute approximate surface area is 211 Å². The van der Waals surface area contributed by atoms with Crippen LogP contribution in [0.15, 0.2) is 65.9 Å². The van der Waals surface area contributed by atoms with Crippen molar-refractivity contribution >= 4 is 29.3 Å². The van der Waals surface area contributed by atoms with Gasteiger partial charge in [-0.25, -0.2) is 23.6 Å². The van der Waals surface area contributed by atoms with Crippen LogP contribution in [0.2, 0.25) is 0 Å². The van der Waals surface area contributed by atoms with Crippen molar-refractivity contribution in [3.63, 3.8) is 0 Å². The molecule has 1 N–H and O–H groups in total. The number of urea groups is 1. The van der Waals surface area contributed by atoms with Crippen LogP contribution in [0.25, 0.3) is 11.4 Å². The van der Waals surface area contributed by atoms with Gasteiger partial charge in [0, 0.05) is 48.4 Å². The number of aliphatic imine (C=N–C) groups is 1. The van der Waals surface area contributed by atoms with Crippen LogP contribution in [-0.2, 0) is 20.9 Å². The molecule has 1 aliphatic heterocycles. The molecule has 2 heterocycles. The third kappa shape index (κ3) is 5.55. The first kappa shape index (κ1) is 25.7. The second-order valence-corrected chi connectivity index (χ2v) is 8.42. The zero-order chi connectivity index (χ0) is 26.5. The number of carbonyl (C=O) groups excluding carboxylic acids is 3.